The molecule has 0 saturated carbocycles. The highest BCUT2D eigenvalue weighted by Gasteiger charge is 2.48. The molecule has 2 aliphatic rings. The van der Waals surface area contributed by atoms with Gasteiger partial charge in [-0.05, 0) is 5.75 Å². The quantitative estimate of drug-likeness (QED) is 0.742. The number of carbonyl (C=O) groups excluding carboxylic acids is 1. The zero-order valence-electron chi connectivity index (χ0n) is 7.52. The maximum absolute atomic E-state index is 11.2. The van der Waals surface area contributed by atoms with Crippen molar-refractivity contribution in [3.8, 4) is 0 Å². The van der Waals surface area contributed by atoms with Crippen molar-refractivity contribution in [1.82, 2.24) is 4.90 Å². The predicted molar refractivity (Wildman–Crippen MR) is 55.6 cm³/mol. The molecule has 0 spiro atoms. The molecule has 14 heavy (non-hydrogen) atoms. The summed E-state index contributed by atoms with van der Waals surface area (Å²) in [7, 11) is 0. The second kappa shape index (κ2) is 3.51. The lowest BCUT2D eigenvalue weighted by molar-refractivity contribution is -0.145. The van der Waals surface area contributed by atoms with Crippen LogP contribution in [0.15, 0.2) is 9.93 Å². The fourth-order valence-electron chi connectivity index (χ4n) is 1.45. The van der Waals surface area contributed by atoms with Gasteiger partial charge in [-0.2, -0.15) is 0 Å². The summed E-state index contributed by atoms with van der Waals surface area (Å²) in [5.41, 5.74) is 0.183. The maximum atomic E-state index is 11.2. The smallest absolute Gasteiger partial charge is 0.354 e. The minimum atomic E-state index is -0.996. The van der Waals surface area contributed by atoms with Crippen molar-refractivity contribution in [2.75, 3.05) is 5.75 Å². The first kappa shape index (κ1) is 9.92. The lowest BCUT2D eigenvalue weighted by Gasteiger charge is -2.33. The highest BCUT2D eigenvalue weighted by molar-refractivity contribution is 8.22. The van der Waals surface area contributed by atoms with E-state index in [0.717, 1.165) is 9.99 Å². The minimum Gasteiger partial charge on any atom is -0.477 e. The third-order valence-electron chi connectivity index (χ3n) is 2.06. The van der Waals surface area contributed by atoms with E-state index in [1.54, 1.807) is 0 Å². The first-order valence-corrected chi connectivity index (χ1v) is 6.10. The van der Waals surface area contributed by atoms with Gasteiger partial charge in [-0.3, -0.25) is 9.69 Å². The number of nitrogens with zero attached hydrogens (tertiary/aromatic N) is 1. The maximum Gasteiger partial charge on any atom is 0.354 e. The molecule has 1 N–H and O–H groups in total. The molecule has 2 rings (SSSR count). The van der Waals surface area contributed by atoms with Gasteiger partial charge in [0.2, 0.25) is 5.91 Å². The highest BCUT2D eigenvalue weighted by atomic mass is 32.2. The number of thioether (sulfide) groups is 2. The second-order valence-electron chi connectivity index (χ2n) is 2.91. The summed E-state index contributed by atoms with van der Waals surface area (Å²) >= 11 is 2.98. The van der Waals surface area contributed by atoms with Crippen LogP contribution in [0.5, 0.6) is 0 Å². The summed E-state index contributed by atoms with van der Waals surface area (Å²) in [5.74, 6) is -0.246. The monoisotopic (exact) mass is 231 g/mol. The van der Waals surface area contributed by atoms with Crippen molar-refractivity contribution in [1.29, 1.82) is 0 Å². The van der Waals surface area contributed by atoms with E-state index in [1.165, 1.54) is 28.4 Å². The molecule has 1 amide bonds. The first-order valence-electron chi connectivity index (χ1n) is 4.24. The molecule has 0 aliphatic carbocycles. The molecule has 1 fully saturated rings. The van der Waals surface area contributed by atoms with Crippen molar-refractivity contribution in [3.05, 3.63) is 9.93 Å². The Kier molecular flexibility index (Phi) is 2.48. The number of β-lactam (4-membered cyclic amide) rings is 1. The largest absolute Gasteiger partial charge is 0.477 e. The summed E-state index contributed by atoms with van der Waals surface area (Å²) in [6.45, 7) is 1.97. The van der Waals surface area contributed by atoms with E-state index in [9.17, 15) is 9.59 Å². The van der Waals surface area contributed by atoms with Crippen LogP contribution in [0, 0.1) is 0 Å². The number of carbonyl (C=O) groups is 2. The molecule has 0 aromatic carbocycles. The van der Waals surface area contributed by atoms with Crippen LogP contribution < -0.4 is 0 Å². The zero-order chi connectivity index (χ0) is 10.3. The van der Waals surface area contributed by atoms with Crippen molar-refractivity contribution in [3.63, 3.8) is 0 Å². The van der Waals surface area contributed by atoms with E-state index in [4.69, 9.17) is 5.11 Å². The van der Waals surface area contributed by atoms with Gasteiger partial charge in [0.1, 0.15) is 0 Å². The number of hydrogen-bond acceptors (Lipinski definition) is 4. The van der Waals surface area contributed by atoms with Gasteiger partial charge in [0, 0.05) is 0 Å². The molecule has 2 heterocycles. The van der Waals surface area contributed by atoms with Crippen LogP contribution in [-0.2, 0) is 9.59 Å². The molecule has 0 radical (unpaired) electrons. The molecule has 1 saturated heterocycles. The van der Waals surface area contributed by atoms with Crippen LogP contribution in [-0.4, -0.2) is 33.0 Å². The topological polar surface area (TPSA) is 57.6 Å². The van der Waals surface area contributed by atoms with E-state index < -0.39 is 5.97 Å². The van der Waals surface area contributed by atoms with Crippen LogP contribution in [0.2, 0.25) is 0 Å². The van der Waals surface area contributed by atoms with Gasteiger partial charge in [0.05, 0.1) is 16.0 Å². The van der Waals surface area contributed by atoms with Gasteiger partial charge < -0.3 is 5.11 Å². The minimum absolute atomic E-state index is 0.0441. The van der Waals surface area contributed by atoms with Crippen LogP contribution in [0.4, 0.5) is 0 Å². The first-order chi connectivity index (χ1) is 6.65. The van der Waals surface area contributed by atoms with Gasteiger partial charge in [-0.15, -0.1) is 11.8 Å². The lowest BCUT2D eigenvalue weighted by atomic mass is 10.2. The Labute approximate surface area is 89.7 Å². The van der Waals surface area contributed by atoms with Crippen molar-refractivity contribution in [2.45, 2.75) is 18.7 Å². The summed E-state index contributed by atoms with van der Waals surface area (Å²) in [6, 6.07) is 0. The Hall–Kier alpha value is -0.620. The molecule has 4 nitrogen and oxygen atoms in total. The van der Waals surface area contributed by atoms with Crippen molar-refractivity contribution >= 4 is 35.4 Å². The standard InChI is InChI=1S/C8H9NO3S2/c1-2-13-8-6(7(11)12)9-4(10)3-5(9)14-8/h5H,2-3H2,1H3,(H,11,12)/t5-/m1/s1. The number of fused-ring (bicyclic) bond motifs is 1. The molecule has 2 aliphatic heterocycles. The Morgan fingerprint density at radius 3 is 3.00 bits per heavy atom. The Balaban J connectivity index is 2.28. The van der Waals surface area contributed by atoms with Gasteiger partial charge in [-0.25, -0.2) is 4.79 Å². The van der Waals surface area contributed by atoms with Gasteiger partial charge in [0.25, 0.3) is 0 Å². The average molecular weight is 231 g/mol. The third kappa shape index (κ3) is 1.33. The fraction of sp³-hybridized carbons (Fsp3) is 0.500. The highest BCUT2D eigenvalue weighted by Crippen LogP contribution is 2.50. The summed E-state index contributed by atoms with van der Waals surface area (Å²) < 4.78 is 0.774. The SMILES string of the molecule is CCSC1=C(C(=O)O)N2C(=O)C[C@H]2S1. The van der Waals surface area contributed by atoms with Crippen LogP contribution in [0.1, 0.15) is 13.3 Å². The van der Waals surface area contributed by atoms with Crippen LogP contribution >= 0.6 is 23.5 Å². The molecule has 0 unspecified atom stereocenters. The fourth-order valence-corrected chi connectivity index (χ4v) is 4.09. The van der Waals surface area contributed by atoms with Gasteiger partial charge in [0.15, 0.2) is 5.70 Å². The third-order valence-corrected chi connectivity index (χ3v) is 4.50. The van der Waals surface area contributed by atoms with E-state index in [-0.39, 0.29) is 17.0 Å². The van der Waals surface area contributed by atoms with Gasteiger partial charge >= 0.3 is 5.97 Å². The lowest BCUT2D eigenvalue weighted by Crippen LogP contribution is -2.48. The Morgan fingerprint density at radius 1 is 1.79 bits per heavy atom. The van der Waals surface area contributed by atoms with Crippen molar-refractivity contribution < 1.29 is 14.7 Å². The van der Waals surface area contributed by atoms with E-state index in [0.29, 0.717) is 6.42 Å². The number of amides is 1. The molecule has 1 atom stereocenters. The summed E-state index contributed by atoms with van der Waals surface area (Å²) in [5, 5.41) is 9.02. The van der Waals surface area contributed by atoms with Crippen LogP contribution in [0.25, 0.3) is 0 Å². The molecule has 76 valence electrons. The normalized spacial score (nSPS) is 25.1. The molecular formula is C8H9NO3S2. The summed E-state index contributed by atoms with van der Waals surface area (Å²) in [4.78, 5) is 23.5. The molecule has 0 bridgehead atoms. The molecule has 6 heteroatoms. The second-order valence-corrected chi connectivity index (χ2v) is 5.64. The van der Waals surface area contributed by atoms with Crippen molar-refractivity contribution in [2.24, 2.45) is 0 Å². The zero-order valence-corrected chi connectivity index (χ0v) is 9.15. The Bertz CT molecular complexity index is 339. The number of carboxylic acid groups (broad SMARTS) is 1. The molecular weight excluding hydrogens is 222 g/mol. The number of hydrogen-bond donors (Lipinski definition) is 1. The average Bonchev–Trinajstić information content (AvgIpc) is 2.39. The predicted octanol–water partition coefficient (Wildman–Crippen LogP) is 1.30. The molecule has 0 aromatic heterocycles. The number of aliphatic carboxylic acids is 1. The molecule has 0 aromatic rings. The van der Waals surface area contributed by atoms with E-state index in [1.807, 2.05) is 6.92 Å². The summed E-state index contributed by atoms with van der Waals surface area (Å²) in [6.07, 6.45) is 0.467. The Morgan fingerprint density at radius 2 is 2.50 bits per heavy atom. The van der Waals surface area contributed by atoms with E-state index >= 15 is 0 Å². The van der Waals surface area contributed by atoms with Gasteiger partial charge in [-0.1, -0.05) is 18.7 Å². The van der Waals surface area contributed by atoms with Crippen LogP contribution in [0.3, 0.4) is 0 Å². The number of carboxylic acids is 1. The van der Waals surface area contributed by atoms with E-state index in [2.05, 4.69) is 0 Å². The number of rotatable bonds is 3.